The minimum absolute atomic E-state index is 0.248. The molecule has 0 unspecified atom stereocenters. The van der Waals surface area contributed by atoms with Crippen LogP contribution in [-0.2, 0) is 17.5 Å². The van der Waals surface area contributed by atoms with Crippen molar-refractivity contribution in [2.75, 3.05) is 26.3 Å². The molecular formula is C24H32Cl2F3NO. The molecule has 0 amide bonds. The highest BCUT2D eigenvalue weighted by Crippen LogP contribution is 2.34. The molecule has 1 fully saturated rings. The van der Waals surface area contributed by atoms with Crippen molar-refractivity contribution in [2.24, 2.45) is 0 Å². The maximum atomic E-state index is 12.1. The minimum atomic E-state index is -4.36. The average Bonchev–Trinajstić information content (AvgIpc) is 2.66. The fourth-order valence-electron chi connectivity index (χ4n) is 2.90. The third-order valence-electron chi connectivity index (χ3n) is 4.52. The van der Waals surface area contributed by atoms with Crippen LogP contribution in [0, 0.1) is 20.8 Å². The lowest BCUT2D eigenvalue weighted by Gasteiger charge is -2.27. The van der Waals surface area contributed by atoms with E-state index in [1.165, 1.54) is 35.2 Å². The summed E-state index contributed by atoms with van der Waals surface area (Å²) in [6.45, 7) is 14.8. The summed E-state index contributed by atoms with van der Waals surface area (Å²) in [6, 6.07) is 7.92. The van der Waals surface area contributed by atoms with E-state index >= 15 is 0 Å². The SMILES string of the molecule is CCC.Cc1cc(Cl)c(C)c(CN2CCOCC2)c1.Cc1ccc(C(F)(F)F)c(Cl)c1. The molecule has 0 aromatic heterocycles. The molecule has 2 aromatic carbocycles. The predicted molar refractivity (Wildman–Crippen MR) is 124 cm³/mol. The summed E-state index contributed by atoms with van der Waals surface area (Å²) in [7, 11) is 0. The maximum Gasteiger partial charge on any atom is 0.417 e. The first-order valence-electron chi connectivity index (χ1n) is 10.4. The Balaban J connectivity index is 0.000000285. The molecule has 0 atom stereocenters. The summed E-state index contributed by atoms with van der Waals surface area (Å²) >= 11 is 11.6. The zero-order valence-electron chi connectivity index (χ0n) is 18.9. The smallest absolute Gasteiger partial charge is 0.379 e. The second-order valence-electron chi connectivity index (χ2n) is 7.61. The molecule has 2 nitrogen and oxygen atoms in total. The number of morpholine rings is 1. The van der Waals surface area contributed by atoms with Gasteiger partial charge in [-0.3, -0.25) is 4.90 Å². The van der Waals surface area contributed by atoms with Crippen LogP contribution in [0.25, 0.3) is 0 Å². The van der Waals surface area contributed by atoms with E-state index in [0.29, 0.717) is 5.56 Å². The van der Waals surface area contributed by atoms with Crippen LogP contribution < -0.4 is 0 Å². The quantitative estimate of drug-likeness (QED) is 0.436. The number of rotatable bonds is 2. The molecule has 0 N–H and O–H groups in total. The number of ether oxygens (including phenoxy) is 1. The number of hydrogen-bond acceptors (Lipinski definition) is 2. The van der Waals surface area contributed by atoms with Gasteiger partial charge >= 0.3 is 6.18 Å². The first-order valence-corrected chi connectivity index (χ1v) is 11.1. The summed E-state index contributed by atoms with van der Waals surface area (Å²) in [5, 5.41) is 0.630. The molecule has 174 valence electrons. The summed E-state index contributed by atoms with van der Waals surface area (Å²) in [5.41, 5.74) is 3.72. The van der Waals surface area contributed by atoms with E-state index in [9.17, 15) is 13.2 Å². The predicted octanol–water partition coefficient (Wildman–Crippen LogP) is 7.87. The molecule has 2 aromatic rings. The van der Waals surface area contributed by atoms with Gasteiger partial charge in [0.2, 0.25) is 0 Å². The van der Waals surface area contributed by atoms with Gasteiger partial charge in [-0.25, -0.2) is 0 Å². The van der Waals surface area contributed by atoms with Crippen molar-refractivity contribution < 1.29 is 17.9 Å². The third kappa shape index (κ3) is 9.82. The highest BCUT2D eigenvalue weighted by atomic mass is 35.5. The van der Waals surface area contributed by atoms with Gasteiger partial charge in [0.1, 0.15) is 0 Å². The molecule has 1 aliphatic rings. The largest absolute Gasteiger partial charge is 0.417 e. The standard InChI is InChI=1S/C13H18ClNO.C8H6ClF3.C3H8/c1-10-7-12(11(2)13(14)8-10)9-15-3-5-16-6-4-15;1-5-2-3-6(7(9)4-5)8(10,11)12;1-3-2/h7-8H,3-6,9H2,1-2H3;2-4H,1H3;3H2,1-2H3. The van der Waals surface area contributed by atoms with E-state index in [4.69, 9.17) is 27.9 Å². The van der Waals surface area contributed by atoms with Crippen LogP contribution in [0.15, 0.2) is 30.3 Å². The van der Waals surface area contributed by atoms with Gasteiger partial charge in [0.15, 0.2) is 0 Å². The van der Waals surface area contributed by atoms with Gasteiger partial charge in [-0.2, -0.15) is 13.2 Å². The normalized spacial score (nSPS) is 14.3. The van der Waals surface area contributed by atoms with E-state index in [0.717, 1.165) is 43.9 Å². The minimum Gasteiger partial charge on any atom is -0.379 e. The monoisotopic (exact) mass is 477 g/mol. The van der Waals surface area contributed by atoms with Gasteiger partial charge in [-0.15, -0.1) is 0 Å². The van der Waals surface area contributed by atoms with Crippen molar-refractivity contribution in [1.82, 2.24) is 4.90 Å². The molecule has 31 heavy (non-hydrogen) atoms. The maximum absolute atomic E-state index is 12.1. The van der Waals surface area contributed by atoms with Crippen LogP contribution in [0.4, 0.5) is 13.2 Å². The van der Waals surface area contributed by atoms with Gasteiger partial charge < -0.3 is 4.74 Å². The van der Waals surface area contributed by atoms with Gasteiger partial charge in [-0.05, 0) is 61.2 Å². The molecule has 0 bridgehead atoms. The Morgan fingerprint density at radius 2 is 1.45 bits per heavy atom. The molecule has 7 heteroatoms. The van der Waals surface area contributed by atoms with Crippen LogP contribution >= 0.6 is 23.2 Å². The van der Waals surface area contributed by atoms with Gasteiger partial charge in [0, 0.05) is 24.7 Å². The Labute approximate surface area is 194 Å². The summed E-state index contributed by atoms with van der Waals surface area (Å²) in [6.07, 6.45) is -3.11. The molecule has 3 rings (SSSR count). The summed E-state index contributed by atoms with van der Waals surface area (Å²) in [5.74, 6) is 0. The molecule has 1 saturated heterocycles. The van der Waals surface area contributed by atoms with Crippen LogP contribution in [0.2, 0.25) is 10.0 Å². The first kappa shape index (κ1) is 27.8. The molecule has 0 spiro atoms. The van der Waals surface area contributed by atoms with Gasteiger partial charge in [0.25, 0.3) is 0 Å². The fraction of sp³-hybridized carbons (Fsp3) is 0.500. The molecule has 1 heterocycles. The van der Waals surface area contributed by atoms with Crippen molar-refractivity contribution in [3.8, 4) is 0 Å². The Kier molecular flexibility index (Phi) is 11.9. The van der Waals surface area contributed by atoms with E-state index in [1.54, 1.807) is 6.92 Å². The number of hydrogen-bond donors (Lipinski definition) is 0. The number of nitrogens with zero attached hydrogens (tertiary/aromatic N) is 1. The average molecular weight is 478 g/mol. The summed E-state index contributed by atoms with van der Waals surface area (Å²) < 4.78 is 41.6. The van der Waals surface area contributed by atoms with Crippen molar-refractivity contribution >= 4 is 23.2 Å². The van der Waals surface area contributed by atoms with E-state index in [-0.39, 0.29) is 5.02 Å². The Hall–Kier alpha value is -1.27. The molecule has 0 radical (unpaired) electrons. The Morgan fingerprint density at radius 3 is 1.97 bits per heavy atom. The van der Waals surface area contributed by atoms with Crippen molar-refractivity contribution in [2.45, 2.75) is 53.8 Å². The summed E-state index contributed by atoms with van der Waals surface area (Å²) in [4.78, 5) is 2.42. The van der Waals surface area contributed by atoms with E-state index < -0.39 is 11.7 Å². The number of halogens is 5. The second-order valence-corrected chi connectivity index (χ2v) is 8.42. The lowest BCUT2D eigenvalue weighted by Crippen LogP contribution is -2.35. The van der Waals surface area contributed by atoms with E-state index in [2.05, 4.69) is 38.7 Å². The first-order chi connectivity index (χ1) is 14.5. The molecule has 0 saturated carbocycles. The molecule has 0 aliphatic carbocycles. The third-order valence-corrected chi connectivity index (χ3v) is 5.23. The van der Waals surface area contributed by atoms with Crippen molar-refractivity contribution in [3.63, 3.8) is 0 Å². The van der Waals surface area contributed by atoms with Gasteiger partial charge in [0.05, 0.1) is 23.8 Å². The lowest BCUT2D eigenvalue weighted by molar-refractivity contribution is -0.137. The highest BCUT2D eigenvalue weighted by Gasteiger charge is 2.32. The zero-order chi connectivity index (χ0) is 23.6. The fourth-order valence-corrected chi connectivity index (χ4v) is 3.54. The van der Waals surface area contributed by atoms with Crippen LogP contribution in [0.1, 0.15) is 48.1 Å². The lowest BCUT2D eigenvalue weighted by atomic mass is 10.0. The van der Waals surface area contributed by atoms with Crippen LogP contribution in [-0.4, -0.2) is 31.2 Å². The van der Waals surface area contributed by atoms with Crippen molar-refractivity contribution in [1.29, 1.82) is 0 Å². The van der Waals surface area contributed by atoms with E-state index in [1.807, 2.05) is 6.07 Å². The highest BCUT2D eigenvalue weighted by molar-refractivity contribution is 6.31. The number of alkyl halides is 3. The zero-order valence-corrected chi connectivity index (χ0v) is 20.4. The van der Waals surface area contributed by atoms with Crippen LogP contribution in [0.5, 0.6) is 0 Å². The second kappa shape index (κ2) is 13.3. The topological polar surface area (TPSA) is 12.5 Å². The van der Waals surface area contributed by atoms with Crippen molar-refractivity contribution in [3.05, 3.63) is 68.2 Å². The Bertz CT molecular complexity index is 819. The number of aryl methyl sites for hydroxylation is 2. The Morgan fingerprint density at radius 1 is 0.903 bits per heavy atom. The van der Waals surface area contributed by atoms with Gasteiger partial charge in [-0.1, -0.05) is 55.6 Å². The van der Waals surface area contributed by atoms with Crippen LogP contribution in [0.3, 0.4) is 0 Å². The molecular weight excluding hydrogens is 446 g/mol. The molecule has 1 aliphatic heterocycles. The number of benzene rings is 2.